The highest BCUT2D eigenvalue weighted by Gasteiger charge is 2.14. The summed E-state index contributed by atoms with van der Waals surface area (Å²) in [7, 11) is 0. The normalized spacial score (nSPS) is 11.0. The molecule has 0 heterocycles. The minimum absolute atomic E-state index is 1.14. The zero-order chi connectivity index (χ0) is 30.7. The van der Waals surface area contributed by atoms with Crippen molar-refractivity contribution < 1.29 is 0 Å². The van der Waals surface area contributed by atoms with Crippen LogP contribution >= 0.6 is 0 Å². The van der Waals surface area contributed by atoms with E-state index in [0.717, 1.165) is 34.1 Å². The molecule has 0 bridgehead atoms. The average Bonchev–Trinajstić information content (AvgIpc) is 3.13. The SMILES string of the molecule is c1ccc(N(c2ccccc2)c2ccc3cc(-c4ccc5cc(N(c6ccccc6)c6ccccc6)ccc5c4)ccc3c2)cc1. The molecule has 0 unspecified atom stereocenters. The summed E-state index contributed by atoms with van der Waals surface area (Å²) in [6, 6.07) is 69.3. The van der Waals surface area contributed by atoms with Crippen LogP contribution in [0.4, 0.5) is 34.1 Å². The van der Waals surface area contributed by atoms with Crippen molar-refractivity contribution in [2.45, 2.75) is 0 Å². The van der Waals surface area contributed by atoms with Gasteiger partial charge < -0.3 is 9.80 Å². The third kappa shape index (κ3) is 5.38. The molecule has 218 valence electrons. The molecule has 0 saturated heterocycles. The molecule has 2 heteroatoms. The molecule has 0 aliphatic rings. The molecule has 0 saturated carbocycles. The Morgan fingerprint density at radius 2 is 0.500 bits per heavy atom. The summed E-state index contributed by atoms with van der Waals surface area (Å²) in [4.78, 5) is 4.61. The summed E-state index contributed by atoms with van der Waals surface area (Å²) in [6.45, 7) is 0. The van der Waals surface area contributed by atoms with E-state index in [4.69, 9.17) is 0 Å². The van der Waals surface area contributed by atoms with Gasteiger partial charge in [-0.1, -0.05) is 109 Å². The predicted molar refractivity (Wildman–Crippen MR) is 196 cm³/mol. The first-order chi connectivity index (χ1) is 22.8. The molecule has 0 amide bonds. The second-order valence-corrected chi connectivity index (χ2v) is 11.5. The van der Waals surface area contributed by atoms with E-state index in [1.54, 1.807) is 0 Å². The molecule has 0 spiro atoms. The Labute approximate surface area is 270 Å². The van der Waals surface area contributed by atoms with Crippen LogP contribution in [-0.4, -0.2) is 0 Å². The van der Waals surface area contributed by atoms with E-state index < -0.39 is 0 Å². The number of para-hydroxylation sites is 4. The summed E-state index contributed by atoms with van der Waals surface area (Å²) in [5.41, 5.74) is 9.26. The molecule has 46 heavy (non-hydrogen) atoms. The molecule has 0 aliphatic heterocycles. The van der Waals surface area contributed by atoms with Crippen LogP contribution in [0, 0.1) is 0 Å². The molecule has 0 aliphatic carbocycles. The van der Waals surface area contributed by atoms with E-state index in [-0.39, 0.29) is 0 Å². The minimum atomic E-state index is 1.14. The van der Waals surface area contributed by atoms with Crippen LogP contribution in [0.1, 0.15) is 0 Å². The van der Waals surface area contributed by atoms with Crippen molar-refractivity contribution in [3.63, 3.8) is 0 Å². The van der Waals surface area contributed by atoms with Gasteiger partial charge in [-0.3, -0.25) is 0 Å². The van der Waals surface area contributed by atoms with Crippen LogP contribution in [0.15, 0.2) is 194 Å². The molecule has 8 rings (SSSR count). The quantitative estimate of drug-likeness (QED) is 0.183. The van der Waals surface area contributed by atoms with Gasteiger partial charge in [0.25, 0.3) is 0 Å². The number of rotatable bonds is 7. The van der Waals surface area contributed by atoms with E-state index in [1.807, 2.05) is 0 Å². The van der Waals surface area contributed by atoms with Gasteiger partial charge in [0, 0.05) is 34.1 Å². The standard InChI is InChI=1S/C44H32N2/c1-5-13-39(14-6-1)45(40-15-7-2-8-16-40)43-27-25-35-29-33(21-23-37(35)31-43)34-22-24-38-32-44(28-26-36(38)30-34)46(41-17-9-3-10-18-41)42-19-11-4-12-20-42/h1-32H. The van der Waals surface area contributed by atoms with E-state index in [9.17, 15) is 0 Å². The van der Waals surface area contributed by atoms with Crippen molar-refractivity contribution in [2.24, 2.45) is 0 Å². The van der Waals surface area contributed by atoms with Gasteiger partial charge in [0.1, 0.15) is 0 Å². The summed E-state index contributed by atoms with van der Waals surface area (Å²) in [5, 5.41) is 4.87. The van der Waals surface area contributed by atoms with E-state index >= 15 is 0 Å². The minimum Gasteiger partial charge on any atom is -0.310 e. The monoisotopic (exact) mass is 588 g/mol. The van der Waals surface area contributed by atoms with Gasteiger partial charge in [-0.25, -0.2) is 0 Å². The maximum absolute atomic E-state index is 2.31. The number of fused-ring (bicyclic) bond motifs is 2. The zero-order valence-electron chi connectivity index (χ0n) is 25.4. The van der Waals surface area contributed by atoms with Gasteiger partial charge in [0.15, 0.2) is 0 Å². The molecular weight excluding hydrogens is 556 g/mol. The predicted octanol–water partition coefficient (Wildman–Crippen LogP) is 12.6. The summed E-state index contributed by atoms with van der Waals surface area (Å²) >= 11 is 0. The third-order valence-electron chi connectivity index (χ3n) is 8.55. The number of benzene rings is 8. The summed E-state index contributed by atoms with van der Waals surface area (Å²) < 4.78 is 0. The fourth-order valence-electron chi connectivity index (χ4n) is 6.31. The van der Waals surface area contributed by atoms with Gasteiger partial charge in [0.2, 0.25) is 0 Å². The first-order valence-electron chi connectivity index (χ1n) is 15.7. The van der Waals surface area contributed by atoms with Crippen LogP contribution in [0.2, 0.25) is 0 Å². The Morgan fingerprint density at radius 3 is 0.826 bits per heavy atom. The van der Waals surface area contributed by atoms with E-state index in [0.29, 0.717) is 0 Å². The lowest BCUT2D eigenvalue weighted by Gasteiger charge is -2.26. The number of hydrogen-bond acceptors (Lipinski definition) is 2. The largest absolute Gasteiger partial charge is 0.310 e. The average molecular weight is 589 g/mol. The molecular formula is C44H32N2. The van der Waals surface area contributed by atoms with E-state index in [2.05, 4.69) is 204 Å². The molecule has 0 atom stereocenters. The number of nitrogens with zero attached hydrogens (tertiary/aromatic N) is 2. The Bertz CT molecular complexity index is 2000. The molecule has 8 aromatic carbocycles. The second kappa shape index (κ2) is 12.1. The van der Waals surface area contributed by atoms with Crippen LogP contribution in [0.5, 0.6) is 0 Å². The summed E-state index contributed by atoms with van der Waals surface area (Å²) in [5.74, 6) is 0. The third-order valence-corrected chi connectivity index (χ3v) is 8.55. The smallest absolute Gasteiger partial charge is 0.0468 e. The van der Waals surface area contributed by atoms with Crippen molar-refractivity contribution in [3.05, 3.63) is 194 Å². The molecule has 8 aromatic rings. The van der Waals surface area contributed by atoms with Crippen molar-refractivity contribution in [2.75, 3.05) is 9.80 Å². The van der Waals surface area contributed by atoms with Crippen molar-refractivity contribution >= 4 is 55.7 Å². The first kappa shape index (κ1) is 27.4. The van der Waals surface area contributed by atoms with Gasteiger partial charge in [-0.2, -0.15) is 0 Å². The molecule has 2 nitrogen and oxygen atoms in total. The Balaban J connectivity index is 1.13. The van der Waals surface area contributed by atoms with Crippen molar-refractivity contribution in [3.8, 4) is 11.1 Å². The van der Waals surface area contributed by atoms with Crippen molar-refractivity contribution in [1.29, 1.82) is 0 Å². The molecule has 0 N–H and O–H groups in total. The number of hydrogen-bond donors (Lipinski definition) is 0. The van der Waals surface area contributed by atoms with Crippen LogP contribution in [-0.2, 0) is 0 Å². The maximum Gasteiger partial charge on any atom is 0.0468 e. The van der Waals surface area contributed by atoms with Crippen LogP contribution < -0.4 is 9.80 Å². The highest BCUT2D eigenvalue weighted by molar-refractivity contribution is 5.95. The van der Waals surface area contributed by atoms with Gasteiger partial charge in [0.05, 0.1) is 0 Å². The maximum atomic E-state index is 2.31. The lowest BCUT2D eigenvalue weighted by Crippen LogP contribution is -2.09. The molecule has 0 aromatic heterocycles. The van der Waals surface area contributed by atoms with Crippen molar-refractivity contribution in [1.82, 2.24) is 0 Å². The first-order valence-corrected chi connectivity index (χ1v) is 15.7. The Morgan fingerprint density at radius 1 is 0.217 bits per heavy atom. The topological polar surface area (TPSA) is 6.48 Å². The van der Waals surface area contributed by atoms with Crippen LogP contribution in [0.25, 0.3) is 32.7 Å². The Hall–Kier alpha value is -6.12. The van der Waals surface area contributed by atoms with Gasteiger partial charge >= 0.3 is 0 Å². The van der Waals surface area contributed by atoms with Gasteiger partial charge in [-0.05, 0) is 118 Å². The molecule has 0 fully saturated rings. The number of anilines is 6. The lowest BCUT2D eigenvalue weighted by atomic mass is 9.98. The van der Waals surface area contributed by atoms with E-state index in [1.165, 1.54) is 32.7 Å². The zero-order valence-corrected chi connectivity index (χ0v) is 25.4. The lowest BCUT2D eigenvalue weighted by molar-refractivity contribution is 1.29. The highest BCUT2D eigenvalue weighted by atomic mass is 15.1. The molecule has 0 radical (unpaired) electrons. The van der Waals surface area contributed by atoms with Gasteiger partial charge in [-0.15, -0.1) is 0 Å². The Kier molecular flexibility index (Phi) is 7.22. The fourth-order valence-corrected chi connectivity index (χ4v) is 6.31. The summed E-state index contributed by atoms with van der Waals surface area (Å²) in [6.07, 6.45) is 0. The fraction of sp³-hybridized carbons (Fsp3) is 0. The van der Waals surface area contributed by atoms with Crippen LogP contribution in [0.3, 0.4) is 0 Å². The second-order valence-electron chi connectivity index (χ2n) is 11.5. The highest BCUT2D eigenvalue weighted by Crippen LogP contribution is 2.38.